The maximum absolute atomic E-state index is 12.0. The zero-order valence-electron chi connectivity index (χ0n) is 8.52. The molecule has 0 saturated heterocycles. The summed E-state index contributed by atoms with van der Waals surface area (Å²) >= 11 is 3.29. The summed E-state index contributed by atoms with van der Waals surface area (Å²) < 4.78 is 0.910. The normalized spacial score (nSPS) is 23.6. The van der Waals surface area contributed by atoms with Crippen molar-refractivity contribution in [3.05, 3.63) is 34.3 Å². The maximum Gasteiger partial charge on any atom is 0.307 e. The molecule has 1 aromatic carbocycles. The van der Waals surface area contributed by atoms with Crippen LogP contribution < -0.4 is 0 Å². The van der Waals surface area contributed by atoms with Gasteiger partial charge >= 0.3 is 5.97 Å². The zero-order valence-corrected chi connectivity index (χ0v) is 10.1. The van der Waals surface area contributed by atoms with Gasteiger partial charge in [-0.15, -0.1) is 0 Å². The molecule has 2 atom stereocenters. The van der Waals surface area contributed by atoms with Crippen molar-refractivity contribution in [2.24, 2.45) is 11.8 Å². The summed E-state index contributed by atoms with van der Waals surface area (Å²) in [7, 11) is 0. The van der Waals surface area contributed by atoms with E-state index in [1.807, 2.05) is 0 Å². The highest BCUT2D eigenvalue weighted by atomic mass is 79.9. The van der Waals surface area contributed by atoms with Crippen LogP contribution in [0.3, 0.4) is 0 Å². The first kappa shape index (κ1) is 11.3. The van der Waals surface area contributed by atoms with Crippen LogP contribution in [0.1, 0.15) is 23.2 Å². The van der Waals surface area contributed by atoms with Crippen LogP contribution in [0, 0.1) is 11.8 Å². The fourth-order valence-corrected chi connectivity index (χ4v) is 2.20. The predicted molar refractivity (Wildman–Crippen MR) is 62.3 cm³/mol. The molecule has 1 fully saturated rings. The average Bonchev–Trinajstić information content (AvgIpc) is 2.15. The number of hydrogen-bond acceptors (Lipinski definition) is 2. The third-order valence-electron chi connectivity index (χ3n) is 3.06. The lowest BCUT2D eigenvalue weighted by Crippen LogP contribution is -2.38. The number of rotatable bonds is 3. The molecule has 16 heavy (non-hydrogen) atoms. The number of carbonyl (C=O) groups is 2. The van der Waals surface area contributed by atoms with E-state index < -0.39 is 11.9 Å². The molecule has 0 aliphatic heterocycles. The number of aliphatic carboxylic acids is 1. The quantitative estimate of drug-likeness (QED) is 0.868. The van der Waals surface area contributed by atoms with Crippen LogP contribution in [0.5, 0.6) is 0 Å². The molecule has 1 saturated carbocycles. The minimum atomic E-state index is -0.860. The maximum atomic E-state index is 12.0. The SMILES string of the molecule is O=C(O)C1CCC1C(=O)c1ccc(Br)cc1. The zero-order chi connectivity index (χ0) is 11.7. The van der Waals surface area contributed by atoms with E-state index >= 15 is 0 Å². The summed E-state index contributed by atoms with van der Waals surface area (Å²) in [5.41, 5.74) is 0.596. The molecule has 1 aliphatic rings. The van der Waals surface area contributed by atoms with Gasteiger partial charge in [0, 0.05) is 16.0 Å². The molecule has 1 aromatic rings. The van der Waals surface area contributed by atoms with Gasteiger partial charge in [-0.1, -0.05) is 28.1 Å². The standard InChI is InChI=1S/C12H11BrO3/c13-8-3-1-7(2-4-8)11(14)9-5-6-10(9)12(15)16/h1-4,9-10H,5-6H2,(H,15,16). The van der Waals surface area contributed by atoms with Gasteiger partial charge in [0.05, 0.1) is 5.92 Å². The highest BCUT2D eigenvalue weighted by Crippen LogP contribution is 2.36. The monoisotopic (exact) mass is 282 g/mol. The number of carbonyl (C=O) groups excluding carboxylic acids is 1. The van der Waals surface area contributed by atoms with Crippen LogP contribution in [0.15, 0.2) is 28.7 Å². The Balaban J connectivity index is 2.14. The van der Waals surface area contributed by atoms with Gasteiger partial charge in [0.15, 0.2) is 5.78 Å². The van der Waals surface area contributed by atoms with E-state index in [1.165, 1.54) is 0 Å². The van der Waals surface area contributed by atoms with Gasteiger partial charge < -0.3 is 5.11 Å². The Morgan fingerprint density at radius 1 is 1.12 bits per heavy atom. The number of halogens is 1. The van der Waals surface area contributed by atoms with Crippen molar-refractivity contribution in [2.45, 2.75) is 12.8 Å². The van der Waals surface area contributed by atoms with E-state index in [0.717, 1.165) is 4.47 Å². The topological polar surface area (TPSA) is 54.4 Å². The summed E-state index contributed by atoms with van der Waals surface area (Å²) in [4.78, 5) is 22.8. The molecule has 0 heterocycles. The van der Waals surface area contributed by atoms with Gasteiger partial charge in [-0.25, -0.2) is 0 Å². The van der Waals surface area contributed by atoms with E-state index in [1.54, 1.807) is 24.3 Å². The van der Waals surface area contributed by atoms with Gasteiger partial charge in [0.2, 0.25) is 0 Å². The number of hydrogen-bond donors (Lipinski definition) is 1. The summed E-state index contributed by atoms with van der Waals surface area (Å²) in [6, 6.07) is 7.04. The van der Waals surface area contributed by atoms with Gasteiger partial charge in [0.25, 0.3) is 0 Å². The van der Waals surface area contributed by atoms with Crippen molar-refractivity contribution in [1.82, 2.24) is 0 Å². The molecule has 0 spiro atoms. The average molecular weight is 283 g/mol. The molecule has 84 valence electrons. The van der Waals surface area contributed by atoms with Gasteiger partial charge in [-0.3, -0.25) is 9.59 Å². The lowest BCUT2D eigenvalue weighted by atomic mass is 9.70. The van der Waals surface area contributed by atoms with Gasteiger partial charge in [-0.2, -0.15) is 0 Å². The second kappa shape index (κ2) is 4.37. The Bertz CT molecular complexity index is 424. The summed E-state index contributed by atoms with van der Waals surface area (Å²) in [5, 5.41) is 8.88. The number of ketones is 1. The highest BCUT2D eigenvalue weighted by molar-refractivity contribution is 9.10. The second-order valence-electron chi connectivity index (χ2n) is 4.00. The van der Waals surface area contributed by atoms with Crippen LogP contribution in [-0.4, -0.2) is 16.9 Å². The Morgan fingerprint density at radius 2 is 1.69 bits per heavy atom. The van der Waals surface area contributed by atoms with Crippen LogP contribution in [-0.2, 0) is 4.79 Å². The molecule has 2 unspecified atom stereocenters. The van der Waals surface area contributed by atoms with E-state index in [4.69, 9.17) is 5.11 Å². The third kappa shape index (κ3) is 2.02. The minimum Gasteiger partial charge on any atom is -0.481 e. The minimum absolute atomic E-state index is 0.0499. The van der Waals surface area contributed by atoms with Crippen molar-refractivity contribution in [3.63, 3.8) is 0 Å². The third-order valence-corrected chi connectivity index (χ3v) is 3.59. The summed E-state index contributed by atoms with van der Waals surface area (Å²) in [6.07, 6.45) is 1.30. The molecule has 0 radical (unpaired) electrons. The second-order valence-corrected chi connectivity index (χ2v) is 4.92. The van der Waals surface area contributed by atoms with Gasteiger partial charge in [0.1, 0.15) is 0 Å². The largest absolute Gasteiger partial charge is 0.481 e. The van der Waals surface area contributed by atoms with Crippen LogP contribution in [0.2, 0.25) is 0 Å². The number of carboxylic acids is 1. The lowest BCUT2D eigenvalue weighted by Gasteiger charge is -2.31. The first-order chi connectivity index (χ1) is 7.59. The van der Waals surface area contributed by atoms with E-state index in [0.29, 0.717) is 18.4 Å². The van der Waals surface area contributed by atoms with Crippen molar-refractivity contribution < 1.29 is 14.7 Å². The molecular formula is C12H11BrO3. The molecule has 0 amide bonds. The number of Topliss-reactive ketones (excluding diaryl/α,β-unsaturated/α-hetero) is 1. The van der Waals surface area contributed by atoms with E-state index in [2.05, 4.69) is 15.9 Å². The molecular weight excluding hydrogens is 272 g/mol. The Hall–Kier alpha value is -1.16. The molecule has 1 aliphatic carbocycles. The van der Waals surface area contributed by atoms with Crippen molar-refractivity contribution >= 4 is 27.7 Å². The van der Waals surface area contributed by atoms with Crippen molar-refractivity contribution in [2.75, 3.05) is 0 Å². The summed E-state index contributed by atoms with van der Waals surface area (Å²) in [6.45, 7) is 0. The Morgan fingerprint density at radius 3 is 2.12 bits per heavy atom. The van der Waals surface area contributed by atoms with Gasteiger partial charge in [-0.05, 0) is 25.0 Å². The first-order valence-electron chi connectivity index (χ1n) is 5.12. The van der Waals surface area contributed by atoms with Crippen LogP contribution in [0.25, 0.3) is 0 Å². The highest BCUT2D eigenvalue weighted by Gasteiger charge is 2.41. The van der Waals surface area contributed by atoms with E-state index in [9.17, 15) is 9.59 Å². The Kier molecular flexibility index (Phi) is 3.10. The Labute approximate surface area is 102 Å². The molecule has 4 heteroatoms. The molecule has 1 N–H and O–H groups in total. The lowest BCUT2D eigenvalue weighted by molar-refractivity contribution is -0.146. The summed E-state index contributed by atoms with van der Waals surface area (Å²) in [5.74, 6) is -1.73. The van der Waals surface area contributed by atoms with Crippen LogP contribution in [0.4, 0.5) is 0 Å². The van der Waals surface area contributed by atoms with Crippen molar-refractivity contribution in [3.8, 4) is 0 Å². The molecule has 2 rings (SSSR count). The predicted octanol–water partition coefficient (Wildman–Crippen LogP) is 2.74. The van der Waals surface area contributed by atoms with Crippen molar-refractivity contribution in [1.29, 1.82) is 0 Å². The number of benzene rings is 1. The molecule has 0 aromatic heterocycles. The molecule has 3 nitrogen and oxygen atoms in total. The number of carboxylic acid groups (broad SMARTS) is 1. The fourth-order valence-electron chi connectivity index (χ4n) is 1.94. The fraction of sp³-hybridized carbons (Fsp3) is 0.333. The smallest absolute Gasteiger partial charge is 0.307 e. The molecule has 0 bridgehead atoms. The van der Waals surface area contributed by atoms with Crippen LogP contribution >= 0.6 is 15.9 Å². The first-order valence-corrected chi connectivity index (χ1v) is 5.91. The van der Waals surface area contributed by atoms with E-state index in [-0.39, 0.29) is 11.7 Å².